The summed E-state index contributed by atoms with van der Waals surface area (Å²) in [6, 6.07) is 10.5. The van der Waals surface area contributed by atoms with Gasteiger partial charge in [-0.3, -0.25) is 14.6 Å². The van der Waals surface area contributed by atoms with Gasteiger partial charge < -0.3 is 4.74 Å². The van der Waals surface area contributed by atoms with Crippen molar-refractivity contribution in [3.63, 3.8) is 0 Å². The number of fused-ring (bicyclic) bond motifs is 1. The van der Waals surface area contributed by atoms with Gasteiger partial charge in [0.1, 0.15) is 0 Å². The maximum absolute atomic E-state index is 13.7. The van der Waals surface area contributed by atoms with Crippen molar-refractivity contribution >= 4 is 42.4 Å². The van der Waals surface area contributed by atoms with Crippen molar-refractivity contribution in [2.45, 2.75) is 25.2 Å². The topological polar surface area (TPSA) is 79.8 Å². The van der Waals surface area contributed by atoms with Gasteiger partial charge in [-0.2, -0.15) is 0 Å². The van der Waals surface area contributed by atoms with Gasteiger partial charge in [-0.15, -0.1) is 0 Å². The highest BCUT2D eigenvalue weighted by Gasteiger charge is 2.26. The molecule has 1 aliphatic heterocycles. The molecule has 0 bridgehead atoms. The number of rotatable bonds is 7. The van der Waals surface area contributed by atoms with E-state index in [0.717, 1.165) is 66.9 Å². The molecule has 1 aliphatic rings. The number of ether oxygens (including phenoxy) is 1. The molecule has 1 amide bonds. The van der Waals surface area contributed by atoms with Crippen LogP contribution in [-0.4, -0.2) is 69.9 Å². The van der Waals surface area contributed by atoms with Crippen LogP contribution in [0.1, 0.15) is 27.9 Å². The summed E-state index contributed by atoms with van der Waals surface area (Å²) in [5.74, 6) is -0.340. The summed E-state index contributed by atoms with van der Waals surface area (Å²) in [6.45, 7) is 8.54. The fraction of sp³-hybridized carbons (Fsp3) is 0.417. The molecule has 0 N–H and O–H groups in total. The number of hydrogen-bond donors (Lipinski definition) is 0. The van der Waals surface area contributed by atoms with Crippen LogP contribution in [0, 0.1) is 13.8 Å². The summed E-state index contributed by atoms with van der Waals surface area (Å²) < 4.78 is 31.2. The predicted octanol–water partition coefficient (Wildman–Crippen LogP) is 3.69. The lowest BCUT2D eigenvalue weighted by Gasteiger charge is -2.28. The number of anilines is 1. The molecule has 0 saturated carbocycles. The standard InChI is InChI=1S/C24H29N3O4S2/c1-17-9-10-18(2)22-21(17)25-24(32-22)27(12-6-11-26-13-15-31-16-14-26)23(28)19-7-4-5-8-20(19)33(3,29)30/h4-5,7-10H,6,11-16H2,1-3H3. The average Bonchev–Trinajstić information content (AvgIpc) is 3.25. The first-order valence-corrected chi connectivity index (χ1v) is 13.7. The predicted molar refractivity (Wildman–Crippen MR) is 132 cm³/mol. The van der Waals surface area contributed by atoms with Gasteiger partial charge in [-0.25, -0.2) is 13.4 Å². The molecule has 2 heterocycles. The highest BCUT2D eigenvalue weighted by atomic mass is 32.2. The van der Waals surface area contributed by atoms with Crippen molar-refractivity contribution in [3.05, 3.63) is 53.1 Å². The number of benzene rings is 2. The van der Waals surface area contributed by atoms with Crippen LogP contribution in [0.5, 0.6) is 0 Å². The highest BCUT2D eigenvalue weighted by Crippen LogP contribution is 2.34. The van der Waals surface area contributed by atoms with Gasteiger partial charge >= 0.3 is 0 Å². The van der Waals surface area contributed by atoms with Crippen LogP contribution in [-0.2, 0) is 14.6 Å². The first kappa shape index (κ1) is 23.8. The Morgan fingerprint density at radius 3 is 2.52 bits per heavy atom. The van der Waals surface area contributed by atoms with E-state index in [2.05, 4.69) is 11.0 Å². The fourth-order valence-electron chi connectivity index (χ4n) is 4.04. The molecule has 1 fully saturated rings. The minimum Gasteiger partial charge on any atom is -0.379 e. The second-order valence-electron chi connectivity index (χ2n) is 8.41. The number of aryl methyl sites for hydroxylation is 2. The van der Waals surface area contributed by atoms with Gasteiger partial charge in [0.15, 0.2) is 15.0 Å². The smallest absolute Gasteiger partial charge is 0.261 e. The second-order valence-corrected chi connectivity index (χ2v) is 11.4. The van der Waals surface area contributed by atoms with E-state index in [9.17, 15) is 13.2 Å². The summed E-state index contributed by atoms with van der Waals surface area (Å²) >= 11 is 1.48. The highest BCUT2D eigenvalue weighted by molar-refractivity contribution is 7.90. The Hall–Kier alpha value is -2.33. The van der Waals surface area contributed by atoms with Crippen LogP contribution in [0.15, 0.2) is 41.3 Å². The van der Waals surface area contributed by atoms with Crippen LogP contribution in [0.2, 0.25) is 0 Å². The van der Waals surface area contributed by atoms with Crippen molar-refractivity contribution in [1.29, 1.82) is 0 Å². The van der Waals surface area contributed by atoms with E-state index in [4.69, 9.17) is 9.72 Å². The SMILES string of the molecule is Cc1ccc(C)c2sc(N(CCCN3CCOCC3)C(=O)c3ccccc3S(C)(=O)=O)nc12. The van der Waals surface area contributed by atoms with Crippen LogP contribution < -0.4 is 4.90 Å². The fourth-order valence-corrected chi connectivity index (χ4v) is 6.05. The summed E-state index contributed by atoms with van der Waals surface area (Å²) in [5, 5.41) is 0.595. The number of amides is 1. The first-order chi connectivity index (χ1) is 15.8. The van der Waals surface area contributed by atoms with E-state index in [-0.39, 0.29) is 16.4 Å². The molecule has 1 saturated heterocycles. The quantitative estimate of drug-likeness (QED) is 0.506. The largest absolute Gasteiger partial charge is 0.379 e. The molecule has 0 radical (unpaired) electrons. The molecular formula is C24H29N3O4S2. The summed E-state index contributed by atoms with van der Waals surface area (Å²) in [7, 11) is -3.56. The Morgan fingerprint density at radius 2 is 1.82 bits per heavy atom. The van der Waals surface area contributed by atoms with Crippen molar-refractivity contribution in [3.8, 4) is 0 Å². The Balaban J connectivity index is 1.69. The molecule has 0 unspecified atom stereocenters. The zero-order chi connectivity index (χ0) is 23.6. The number of thiazole rings is 1. The Kier molecular flexibility index (Phi) is 7.13. The third kappa shape index (κ3) is 5.27. The maximum atomic E-state index is 13.7. The van der Waals surface area contributed by atoms with E-state index in [1.165, 1.54) is 17.4 Å². The molecule has 3 aromatic rings. The number of nitrogens with zero attached hydrogens (tertiary/aromatic N) is 3. The summed E-state index contributed by atoms with van der Waals surface area (Å²) in [6.07, 6.45) is 1.88. The number of sulfone groups is 1. The Bertz CT molecular complexity index is 1220. The van der Waals surface area contributed by atoms with Gasteiger partial charge in [-0.1, -0.05) is 35.6 Å². The van der Waals surface area contributed by atoms with E-state index >= 15 is 0 Å². The zero-order valence-electron chi connectivity index (χ0n) is 19.2. The molecule has 0 atom stereocenters. The molecule has 7 nitrogen and oxygen atoms in total. The van der Waals surface area contributed by atoms with E-state index in [1.54, 1.807) is 23.1 Å². The first-order valence-electron chi connectivity index (χ1n) is 11.0. The van der Waals surface area contributed by atoms with Crippen molar-refractivity contribution in [1.82, 2.24) is 9.88 Å². The minimum atomic E-state index is -3.56. The molecule has 9 heteroatoms. The molecule has 2 aromatic carbocycles. The molecule has 0 spiro atoms. The monoisotopic (exact) mass is 487 g/mol. The maximum Gasteiger partial charge on any atom is 0.261 e. The van der Waals surface area contributed by atoms with Gasteiger partial charge in [0.25, 0.3) is 5.91 Å². The van der Waals surface area contributed by atoms with Crippen LogP contribution in [0.4, 0.5) is 5.13 Å². The average molecular weight is 488 g/mol. The molecule has 33 heavy (non-hydrogen) atoms. The third-order valence-electron chi connectivity index (χ3n) is 5.88. The van der Waals surface area contributed by atoms with Crippen molar-refractivity contribution in [2.24, 2.45) is 0 Å². The molecule has 1 aromatic heterocycles. The van der Waals surface area contributed by atoms with E-state index < -0.39 is 9.84 Å². The van der Waals surface area contributed by atoms with Gasteiger partial charge in [0.2, 0.25) is 0 Å². The second kappa shape index (κ2) is 9.89. The number of aromatic nitrogens is 1. The lowest BCUT2D eigenvalue weighted by molar-refractivity contribution is 0.0376. The number of carbonyl (C=O) groups is 1. The van der Waals surface area contributed by atoms with Crippen molar-refractivity contribution in [2.75, 3.05) is 50.5 Å². The Morgan fingerprint density at radius 1 is 1.12 bits per heavy atom. The van der Waals surface area contributed by atoms with Gasteiger partial charge in [-0.05, 0) is 43.5 Å². The summed E-state index contributed by atoms with van der Waals surface area (Å²) in [4.78, 5) is 22.6. The third-order valence-corrected chi connectivity index (χ3v) is 8.25. The summed E-state index contributed by atoms with van der Waals surface area (Å²) in [5.41, 5.74) is 3.23. The van der Waals surface area contributed by atoms with Crippen LogP contribution >= 0.6 is 11.3 Å². The van der Waals surface area contributed by atoms with Crippen molar-refractivity contribution < 1.29 is 17.9 Å². The minimum absolute atomic E-state index is 0.0432. The molecule has 176 valence electrons. The lowest BCUT2D eigenvalue weighted by Crippen LogP contribution is -2.39. The van der Waals surface area contributed by atoms with Gasteiger partial charge in [0.05, 0.1) is 33.9 Å². The molecule has 4 rings (SSSR count). The van der Waals surface area contributed by atoms with E-state index in [0.29, 0.717) is 11.7 Å². The van der Waals surface area contributed by atoms with Gasteiger partial charge in [0, 0.05) is 32.4 Å². The normalized spacial score (nSPS) is 15.1. The number of morpholine rings is 1. The molecule has 0 aliphatic carbocycles. The zero-order valence-corrected chi connectivity index (χ0v) is 20.8. The number of carbonyl (C=O) groups excluding carboxylic acids is 1. The lowest BCUT2D eigenvalue weighted by atomic mass is 10.1. The number of hydrogen-bond acceptors (Lipinski definition) is 7. The molecular weight excluding hydrogens is 458 g/mol. The Labute approximate surface area is 198 Å². The van der Waals surface area contributed by atoms with Crippen LogP contribution in [0.25, 0.3) is 10.2 Å². The van der Waals surface area contributed by atoms with E-state index in [1.807, 2.05) is 19.9 Å². The van der Waals surface area contributed by atoms with Crippen LogP contribution in [0.3, 0.4) is 0 Å².